The van der Waals surface area contributed by atoms with E-state index in [0.717, 1.165) is 25.7 Å². The molecule has 5 N–H and O–H groups in total. The Morgan fingerprint density at radius 1 is 1.18 bits per heavy atom. The first-order valence-electron chi connectivity index (χ1n) is 9.87. The molecule has 2 saturated heterocycles. The topological polar surface area (TPSA) is 126 Å². The molecule has 4 aliphatic rings. The molecule has 8 heteroatoms. The number of benzene rings is 1. The molecule has 1 aromatic carbocycles. The number of carbonyl (C=O) groups is 4. The summed E-state index contributed by atoms with van der Waals surface area (Å²) in [6.45, 7) is 0. The van der Waals surface area contributed by atoms with Gasteiger partial charge in [0.15, 0.2) is 0 Å². The van der Waals surface area contributed by atoms with Crippen LogP contribution in [0, 0.1) is 11.8 Å². The molecule has 1 aromatic rings. The van der Waals surface area contributed by atoms with Gasteiger partial charge in [-0.25, -0.2) is 0 Å². The molecule has 1 aliphatic carbocycles. The molecule has 0 bridgehead atoms. The maximum absolute atomic E-state index is 13.5. The number of fused-ring (bicyclic) bond motifs is 4. The number of nitrogens with two attached hydrogens (primary N) is 2. The second kappa shape index (κ2) is 5.88. The molecule has 0 aromatic heterocycles. The Labute approximate surface area is 161 Å². The third-order valence-corrected chi connectivity index (χ3v) is 6.94. The molecule has 3 heterocycles. The molecule has 1 saturated carbocycles. The summed E-state index contributed by atoms with van der Waals surface area (Å²) in [6, 6.07) is 6.63. The van der Waals surface area contributed by atoms with Gasteiger partial charge in [0.25, 0.3) is 5.91 Å². The highest BCUT2D eigenvalue weighted by molar-refractivity contribution is 6.14. The van der Waals surface area contributed by atoms with Gasteiger partial charge in [0, 0.05) is 11.6 Å². The Balaban J connectivity index is 1.64. The van der Waals surface area contributed by atoms with Crippen LogP contribution in [-0.4, -0.2) is 40.6 Å². The number of likely N-dealkylation sites (tertiary alicyclic amines) is 1. The van der Waals surface area contributed by atoms with Crippen molar-refractivity contribution in [3.05, 3.63) is 29.8 Å². The number of amides is 4. The maximum Gasteiger partial charge on any atom is 0.291 e. The zero-order valence-corrected chi connectivity index (χ0v) is 15.4. The zero-order chi connectivity index (χ0) is 19.6. The number of imide groups is 1. The maximum atomic E-state index is 13.5. The minimum absolute atomic E-state index is 0.0457. The number of nitrogens with zero attached hydrogens (tertiary/aromatic N) is 1. The van der Waals surface area contributed by atoms with Crippen molar-refractivity contribution < 1.29 is 24.5 Å². The summed E-state index contributed by atoms with van der Waals surface area (Å²) in [5, 5.41) is 4.61. The third kappa shape index (κ3) is 2.09. The lowest BCUT2D eigenvalue weighted by molar-refractivity contribution is -0.732. The van der Waals surface area contributed by atoms with Crippen molar-refractivity contribution in [3.8, 4) is 0 Å². The van der Waals surface area contributed by atoms with E-state index in [2.05, 4.69) is 5.32 Å². The Morgan fingerprint density at radius 3 is 2.61 bits per heavy atom. The summed E-state index contributed by atoms with van der Waals surface area (Å²) in [4.78, 5) is 53.1. The van der Waals surface area contributed by atoms with E-state index in [9.17, 15) is 19.2 Å². The van der Waals surface area contributed by atoms with Crippen molar-refractivity contribution in [1.82, 2.24) is 4.90 Å². The zero-order valence-electron chi connectivity index (χ0n) is 15.4. The number of rotatable bonds is 3. The SMILES string of the molecule is NC(=O)C[C@H]1[NH2+][C@]2(C(=O)Nc3ccccc32)[C@@H]2C(=O)N(C3CCCC3)C(=O)[C@@H]21. The highest BCUT2D eigenvalue weighted by Crippen LogP contribution is 2.50. The average molecular weight is 383 g/mol. The second-order valence-electron chi connectivity index (χ2n) is 8.36. The monoisotopic (exact) mass is 383 g/mol. The number of hydrogen-bond acceptors (Lipinski definition) is 4. The van der Waals surface area contributed by atoms with Crippen molar-refractivity contribution in [1.29, 1.82) is 0 Å². The quantitative estimate of drug-likeness (QED) is 0.591. The highest BCUT2D eigenvalue weighted by atomic mass is 16.2. The fourth-order valence-corrected chi connectivity index (χ4v) is 5.88. The molecule has 146 valence electrons. The number of hydrogen-bond donors (Lipinski definition) is 3. The van der Waals surface area contributed by atoms with Crippen molar-refractivity contribution in [2.24, 2.45) is 17.6 Å². The first kappa shape index (κ1) is 17.4. The van der Waals surface area contributed by atoms with Crippen molar-refractivity contribution in [2.75, 3.05) is 5.32 Å². The van der Waals surface area contributed by atoms with E-state index in [4.69, 9.17) is 5.73 Å². The number of para-hydroxylation sites is 1. The van der Waals surface area contributed by atoms with E-state index >= 15 is 0 Å². The van der Waals surface area contributed by atoms with E-state index in [-0.39, 0.29) is 30.2 Å². The van der Waals surface area contributed by atoms with E-state index < -0.39 is 29.3 Å². The van der Waals surface area contributed by atoms with Crippen LogP contribution in [0.15, 0.2) is 24.3 Å². The number of nitrogens with one attached hydrogen (secondary N) is 1. The Hall–Kier alpha value is -2.74. The molecule has 8 nitrogen and oxygen atoms in total. The van der Waals surface area contributed by atoms with Crippen molar-refractivity contribution >= 4 is 29.3 Å². The molecule has 3 fully saturated rings. The number of quaternary nitrogens is 1. The first-order valence-corrected chi connectivity index (χ1v) is 9.87. The predicted molar refractivity (Wildman–Crippen MR) is 97.4 cm³/mol. The van der Waals surface area contributed by atoms with Gasteiger partial charge in [-0.1, -0.05) is 31.0 Å². The van der Waals surface area contributed by atoms with Crippen molar-refractivity contribution in [3.63, 3.8) is 0 Å². The van der Waals surface area contributed by atoms with Crippen LogP contribution in [0.1, 0.15) is 37.7 Å². The van der Waals surface area contributed by atoms with Gasteiger partial charge >= 0.3 is 0 Å². The van der Waals surface area contributed by atoms with Crippen molar-refractivity contribution in [2.45, 2.75) is 49.7 Å². The molecule has 4 atom stereocenters. The van der Waals surface area contributed by atoms with Gasteiger partial charge in [0.1, 0.15) is 17.9 Å². The molecule has 5 rings (SSSR count). The summed E-state index contributed by atoms with van der Waals surface area (Å²) in [6.07, 6.45) is 3.54. The molecule has 28 heavy (non-hydrogen) atoms. The van der Waals surface area contributed by atoms with Crippen LogP contribution in [0.5, 0.6) is 0 Å². The lowest BCUT2D eigenvalue weighted by Gasteiger charge is -2.28. The fourth-order valence-electron chi connectivity index (χ4n) is 5.88. The van der Waals surface area contributed by atoms with Gasteiger partial charge in [0.2, 0.25) is 23.3 Å². The molecule has 3 aliphatic heterocycles. The highest BCUT2D eigenvalue weighted by Gasteiger charge is 2.74. The molecule has 0 unspecified atom stereocenters. The molecule has 1 spiro atoms. The van der Waals surface area contributed by atoms with E-state index in [1.54, 1.807) is 11.4 Å². The second-order valence-corrected chi connectivity index (χ2v) is 8.36. The van der Waals surface area contributed by atoms with Crippen LogP contribution in [0.2, 0.25) is 0 Å². The van der Waals surface area contributed by atoms with Crippen LogP contribution in [-0.2, 0) is 24.7 Å². The molecule has 0 radical (unpaired) electrons. The van der Waals surface area contributed by atoms with Gasteiger partial charge < -0.3 is 16.4 Å². The number of primary amides is 1. The lowest BCUT2D eigenvalue weighted by Crippen LogP contribution is -2.99. The summed E-state index contributed by atoms with van der Waals surface area (Å²) in [5.74, 6) is -2.89. The van der Waals surface area contributed by atoms with Crippen LogP contribution in [0.25, 0.3) is 0 Å². The smallest absolute Gasteiger partial charge is 0.291 e. The minimum atomic E-state index is -1.22. The predicted octanol–water partition coefficient (Wildman–Crippen LogP) is -0.801. The van der Waals surface area contributed by atoms with Crippen LogP contribution in [0.3, 0.4) is 0 Å². The van der Waals surface area contributed by atoms with Gasteiger partial charge in [0.05, 0.1) is 12.1 Å². The van der Waals surface area contributed by atoms with E-state index in [1.165, 1.54) is 4.90 Å². The summed E-state index contributed by atoms with van der Waals surface area (Å²) in [7, 11) is 0. The summed E-state index contributed by atoms with van der Waals surface area (Å²) >= 11 is 0. The number of carbonyl (C=O) groups excluding carboxylic acids is 4. The minimum Gasteiger partial charge on any atom is -0.369 e. The van der Waals surface area contributed by atoms with Crippen LogP contribution >= 0.6 is 0 Å². The standard InChI is InChI=1S/C20H22N4O4/c21-14(25)9-13-15-16(18(27)24(17(15)26)10-5-1-2-6-10)20(23-13)11-7-3-4-8-12(11)22-19(20)28/h3-4,7-8,10,13,15-16,23H,1-2,5-6,9H2,(H2,21,25)(H,22,28)/p+1/t13-,15-,16+,20+/m1/s1. The van der Waals surface area contributed by atoms with E-state index in [0.29, 0.717) is 11.3 Å². The Kier molecular flexibility index (Phi) is 3.64. The average Bonchev–Trinajstić information content (AvgIpc) is 3.37. The molecule has 4 amide bonds. The van der Waals surface area contributed by atoms with E-state index in [1.807, 2.05) is 18.2 Å². The lowest BCUT2D eigenvalue weighted by atomic mass is 9.76. The third-order valence-electron chi connectivity index (χ3n) is 6.94. The van der Waals surface area contributed by atoms with Crippen LogP contribution in [0.4, 0.5) is 5.69 Å². The Bertz CT molecular complexity index is 909. The van der Waals surface area contributed by atoms with Gasteiger partial charge in [-0.15, -0.1) is 0 Å². The molecular weight excluding hydrogens is 360 g/mol. The van der Waals surface area contributed by atoms with Gasteiger partial charge in [-0.05, 0) is 18.9 Å². The fraction of sp³-hybridized carbons (Fsp3) is 0.500. The summed E-state index contributed by atoms with van der Waals surface area (Å²) < 4.78 is 0. The van der Waals surface area contributed by atoms with Gasteiger partial charge in [-0.3, -0.25) is 24.1 Å². The largest absolute Gasteiger partial charge is 0.369 e. The van der Waals surface area contributed by atoms with Crippen LogP contribution < -0.4 is 16.4 Å². The first-order chi connectivity index (χ1) is 13.4. The normalized spacial score (nSPS) is 34.2. The molecular formula is C20H23N4O4+. The number of anilines is 1. The Morgan fingerprint density at radius 2 is 1.89 bits per heavy atom. The summed E-state index contributed by atoms with van der Waals surface area (Å²) in [5.41, 5.74) is 5.58. The van der Waals surface area contributed by atoms with Gasteiger partial charge in [-0.2, -0.15) is 0 Å².